The average molecular weight is 623 g/mol. The van der Waals surface area contributed by atoms with Crippen LogP contribution in [0, 0.1) is 5.41 Å². The molecule has 2 heterocycles. The number of cyclic esters (lactones) is 1. The van der Waals surface area contributed by atoms with Gasteiger partial charge in [-0.2, -0.15) is 0 Å². The number of carboxylic acid groups (broad SMARTS) is 1. The second-order valence-electron chi connectivity index (χ2n) is 11.1. The zero-order valence-corrected chi connectivity index (χ0v) is 27.4. The van der Waals surface area contributed by atoms with Crippen LogP contribution in [0.2, 0.25) is 0 Å². The maximum atomic E-state index is 14.0. The Morgan fingerprint density at radius 1 is 1.11 bits per heavy atom. The van der Waals surface area contributed by atoms with Gasteiger partial charge >= 0.3 is 12.1 Å². The van der Waals surface area contributed by atoms with Crippen LogP contribution in [0.3, 0.4) is 0 Å². The fraction of sp³-hybridized carbons (Fsp3) is 0.444. The standard InChI is InChI=1S/C34H41FN2O6.C2H6/c1-5-8-27(35)12-9-24(3)31-29(41-4)19-25(20-30(31)42-6-2)21-36-17-7-15-34(16-18-36)22-37(33(40)43-23-34)28-13-10-26(11-14-28)32(38)39;1-2/h5,8-14,19-20H,6-7,15-18,21-23H2,1-4H3,(H,38,39);1-2H3/b8-5-,24-9+,27-12+;. The number of carbonyl (C=O) groups is 2. The molecular formula is C36H47FN2O6. The van der Waals surface area contributed by atoms with E-state index >= 15 is 0 Å². The van der Waals surface area contributed by atoms with Crippen molar-refractivity contribution in [1.82, 2.24) is 4.90 Å². The predicted molar refractivity (Wildman–Crippen MR) is 177 cm³/mol. The summed E-state index contributed by atoms with van der Waals surface area (Å²) >= 11 is 0. The summed E-state index contributed by atoms with van der Waals surface area (Å²) in [5.41, 5.74) is 3.30. The van der Waals surface area contributed by atoms with Gasteiger partial charge in [0.05, 0.1) is 24.8 Å². The van der Waals surface area contributed by atoms with E-state index in [-0.39, 0.29) is 16.8 Å². The van der Waals surface area contributed by atoms with Crippen molar-refractivity contribution in [2.45, 2.75) is 60.4 Å². The number of halogens is 1. The largest absolute Gasteiger partial charge is 0.496 e. The van der Waals surface area contributed by atoms with Crippen molar-refractivity contribution in [3.63, 3.8) is 0 Å². The fourth-order valence-electron chi connectivity index (χ4n) is 5.80. The number of allylic oxidation sites excluding steroid dienone is 6. The number of aromatic carboxylic acids is 1. The predicted octanol–water partition coefficient (Wildman–Crippen LogP) is 8.28. The molecular weight excluding hydrogens is 575 g/mol. The Morgan fingerprint density at radius 3 is 2.47 bits per heavy atom. The van der Waals surface area contributed by atoms with Crippen LogP contribution in [0.5, 0.6) is 11.5 Å². The molecule has 4 rings (SSSR count). The SMILES string of the molecule is CC.C\C=C/C(F)=C\C=C(/C)c1c(OC)cc(CN2CCCC3(CC2)COC(=O)N(c2ccc(C(=O)O)cc2)C3)cc1OCC. The third kappa shape index (κ3) is 9.20. The summed E-state index contributed by atoms with van der Waals surface area (Å²) in [7, 11) is 1.63. The maximum Gasteiger partial charge on any atom is 0.414 e. The number of likely N-dealkylation sites (tertiary alicyclic amines) is 1. The van der Waals surface area contributed by atoms with E-state index in [2.05, 4.69) is 4.90 Å². The Morgan fingerprint density at radius 2 is 1.82 bits per heavy atom. The highest BCUT2D eigenvalue weighted by Crippen LogP contribution is 2.40. The molecule has 2 aliphatic heterocycles. The lowest BCUT2D eigenvalue weighted by molar-refractivity contribution is 0.0534. The van der Waals surface area contributed by atoms with E-state index in [4.69, 9.17) is 14.2 Å². The quantitative estimate of drug-likeness (QED) is 0.267. The van der Waals surface area contributed by atoms with E-state index in [9.17, 15) is 19.1 Å². The summed E-state index contributed by atoms with van der Waals surface area (Å²) in [4.78, 5) is 28.0. The fourth-order valence-corrected chi connectivity index (χ4v) is 5.80. The van der Waals surface area contributed by atoms with Crippen LogP contribution >= 0.6 is 0 Å². The van der Waals surface area contributed by atoms with Crippen molar-refractivity contribution >= 4 is 23.3 Å². The van der Waals surface area contributed by atoms with Crippen LogP contribution in [0.1, 0.15) is 75.4 Å². The molecule has 2 aliphatic rings. The van der Waals surface area contributed by atoms with Crippen LogP contribution in [-0.2, 0) is 11.3 Å². The van der Waals surface area contributed by atoms with Crippen molar-refractivity contribution in [1.29, 1.82) is 0 Å². The first-order valence-corrected chi connectivity index (χ1v) is 15.7. The molecule has 1 N–H and O–H groups in total. The molecule has 2 saturated heterocycles. The molecule has 1 amide bonds. The summed E-state index contributed by atoms with van der Waals surface area (Å²) in [5.74, 6) is 0.0271. The molecule has 1 unspecified atom stereocenters. The molecule has 2 aromatic rings. The zero-order valence-electron chi connectivity index (χ0n) is 27.4. The first-order valence-electron chi connectivity index (χ1n) is 15.7. The Labute approximate surface area is 266 Å². The normalized spacial score (nSPS) is 19.5. The van der Waals surface area contributed by atoms with Crippen LogP contribution in [0.4, 0.5) is 14.9 Å². The van der Waals surface area contributed by atoms with Gasteiger partial charge in [0, 0.05) is 24.2 Å². The number of carbonyl (C=O) groups excluding carboxylic acids is 1. The zero-order chi connectivity index (χ0) is 33.0. The molecule has 0 bridgehead atoms. The van der Waals surface area contributed by atoms with Crippen LogP contribution in [0.25, 0.3) is 5.57 Å². The molecule has 0 aliphatic carbocycles. The molecule has 244 valence electrons. The Balaban J connectivity index is 0.00000271. The monoisotopic (exact) mass is 622 g/mol. The van der Waals surface area contributed by atoms with Crippen molar-refractivity contribution in [3.05, 3.63) is 83.2 Å². The third-order valence-corrected chi connectivity index (χ3v) is 8.05. The highest BCUT2D eigenvalue weighted by atomic mass is 19.1. The highest BCUT2D eigenvalue weighted by molar-refractivity contribution is 5.91. The number of rotatable bonds is 10. The molecule has 0 aromatic heterocycles. The number of carboxylic acids is 1. The summed E-state index contributed by atoms with van der Waals surface area (Å²) in [6, 6.07) is 10.4. The lowest BCUT2D eigenvalue weighted by atomic mass is 9.80. The molecule has 2 fully saturated rings. The van der Waals surface area contributed by atoms with Crippen molar-refractivity contribution < 1.29 is 33.3 Å². The number of nitrogens with zero attached hydrogens (tertiary/aromatic N) is 2. The van der Waals surface area contributed by atoms with Crippen LogP contribution in [0.15, 0.2) is 66.5 Å². The molecule has 1 spiro atoms. The molecule has 1 atom stereocenters. The third-order valence-electron chi connectivity index (χ3n) is 8.05. The number of ether oxygens (including phenoxy) is 3. The molecule has 0 saturated carbocycles. The van der Waals surface area contributed by atoms with Gasteiger partial charge in [0.25, 0.3) is 0 Å². The van der Waals surface area contributed by atoms with Gasteiger partial charge in [-0.05, 0) is 113 Å². The maximum absolute atomic E-state index is 14.0. The van der Waals surface area contributed by atoms with Gasteiger partial charge in [0.2, 0.25) is 0 Å². The second-order valence-corrected chi connectivity index (χ2v) is 11.1. The smallest absolute Gasteiger partial charge is 0.414 e. The summed E-state index contributed by atoms with van der Waals surface area (Å²) in [6.45, 7) is 13.4. The summed E-state index contributed by atoms with van der Waals surface area (Å²) < 4.78 is 31.5. The Bertz CT molecular complexity index is 1400. The van der Waals surface area contributed by atoms with Crippen LogP contribution < -0.4 is 14.4 Å². The Hall–Kier alpha value is -4.11. The van der Waals surface area contributed by atoms with Gasteiger partial charge < -0.3 is 19.3 Å². The van der Waals surface area contributed by atoms with Gasteiger partial charge in [-0.15, -0.1) is 0 Å². The minimum absolute atomic E-state index is 0.174. The summed E-state index contributed by atoms with van der Waals surface area (Å²) in [6.07, 6.45) is 8.52. The molecule has 0 radical (unpaired) electrons. The number of hydrogen-bond acceptors (Lipinski definition) is 6. The Kier molecular flexibility index (Phi) is 13.2. The van der Waals surface area contributed by atoms with Gasteiger partial charge in [-0.1, -0.05) is 26.0 Å². The van der Waals surface area contributed by atoms with E-state index in [0.717, 1.165) is 49.1 Å². The van der Waals surface area contributed by atoms with Gasteiger partial charge in [-0.25, -0.2) is 14.0 Å². The number of benzene rings is 2. The number of amides is 1. The van der Waals surface area contributed by atoms with Gasteiger partial charge in [0.1, 0.15) is 23.9 Å². The van der Waals surface area contributed by atoms with Crippen molar-refractivity contribution in [2.24, 2.45) is 5.41 Å². The molecule has 8 nitrogen and oxygen atoms in total. The minimum atomic E-state index is -1.01. The molecule has 45 heavy (non-hydrogen) atoms. The van der Waals surface area contributed by atoms with Crippen molar-refractivity contribution in [3.8, 4) is 11.5 Å². The number of methoxy groups -OCH3 is 1. The molecule has 9 heteroatoms. The summed E-state index contributed by atoms with van der Waals surface area (Å²) in [5, 5.41) is 9.22. The van der Waals surface area contributed by atoms with E-state index in [1.807, 2.05) is 39.8 Å². The second kappa shape index (κ2) is 16.8. The lowest BCUT2D eigenvalue weighted by Gasteiger charge is -2.41. The van der Waals surface area contributed by atoms with E-state index in [1.165, 1.54) is 24.3 Å². The average Bonchev–Trinajstić information content (AvgIpc) is 3.24. The van der Waals surface area contributed by atoms with E-state index in [1.54, 1.807) is 43.2 Å². The van der Waals surface area contributed by atoms with Crippen molar-refractivity contribution in [2.75, 3.05) is 44.9 Å². The lowest BCUT2D eigenvalue weighted by Crippen LogP contribution is -2.50. The van der Waals surface area contributed by atoms with Gasteiger partial charge in [-0.3, -0.25) is 9.80 Å². The number of anilines is 1. The van der Waals surface area contributed by atoms with Crippen LogP contribution in [-0.4, -0.2) is 62.0 Å². The minimum Gasteiger partial charge on any atom is -0.496 e. The first kappa shape index (κ1) is 35.4. The first-order chi connectivity index (χ1) is 21.7. The van der Waals surface area contributed by atoms with E-state index < -0.39 is 12.1 Å². The number of hydrogen-bond donors (Lipinski definition) is 1. The van der Waals surface area contributed by atoms with Gasteiger partial charge in [0.15, 0.2) is 0 Å². The molecule has 2 aromatic carbocycles. The highest BCUT2D eigenvalue weighted by Gasteiger charge is 2.42. The topological polar surface area (TPSA) is 88.5 Å². The van der Waals surface area contributed by atoms with E-state index in [0.29, 0.717) is 43.5 Å².